The van der Waals surface area contributed by atoms with Crippen molar-refractivity contribution in [2.24, 2.45) is 0 Å². The fraction of sp³-hybridized carbons (Fsp3) is 0.360. The average Bonchev–Trinajstić information content (AvgIpc) is 3.29. The van der Waals surface area contributed by atoms with E-state index in [1.54, 1.807) is 13.1 Å². The monoisotopic (exact) mass is 461 g/mol. The van der Waals surface area contributed by atoms with Gasteiger partial charge in [-0.15, -0.1) is 10.2 Å². The maximum atomic E-state index is 12.1. The van der Waals surface area contributed by atoms with Crippen molar-refractivity contribution >= 4 is 17.2 Å². The minimum atomic E-state index is -0.00724. The lowest BCUT2D eigenvalue weighted by Crippen LogP contribution is -2.36. The van der Waals surface area contributed by atoms with Crippen LogP contribution in [0.3, 0.4) is 0 Å². The standard InChI is InChI=1S/C25H27N5O2S/c1-15(2)32-22-11-10-16(12-17(22)13-26)24-29-30-25(33-24)20-8-4-7-19-18(20)6-5-9-21(19)28-23(31)14-27-3/h4,7-8,10-12,15,21,27H,5-6,9,14H2,1-3H3,(H,28,31)/t21-/m1/s1. The summed E-state index contributed by atoms with van der Waals surface area (Å²) < 4.78 is 5.73. The van der Waals surface area contributed by atoms with Crippen LogP contribution in [-0.2, 0) is 11.2 Å². The van der Waals surface area contributed by atoms with Gasteiger partial charge in [0.05, 0.1) is 24.3 Å². The molecule has 1 aromatic heterocycles. The number of nitrogens with zero attached hydrogens (tertiary/aromatic N) is 3. The highest BCUT2D eigenvalue weighted by Crippen LogP contribution is 2.39. The molecule has 4 rings (SSSR count). The van der Waals surface area contributed by atoms with E-state index in [1.807, 2.05) is 32.0 Å². The average molecular weight is 462 g/mol. The molecule has 1 atom stereocenters. The molecule has 1 aliphatic rings. The summed E-state index contributed by atoms with van der Waals surface area (Å²) in [7, 11) is 1.77. The lowest BCUT2D eigenvalue weighted by molar-refractivity contribution is -0.121. The molecular weight excluding hydrogens is 434 g/mol. The number of ether oxygens (including phenoxy) is 1. The van der Waals surface area contributed by atoms with Gasteiger partial charge in [0.15, 0.2) is 0 Å². The van der Waals surface area contributed by atoms with E-state index >= 15 is 0 Å². The van der Waals surface area contributed by atoms with Gasteiger partial charge in [0.1, 0.15) is 21.8 Å². The highest BCUT2D eigenvalue weighted by molar-refractivity contribution is 7.17. The van der Waals surface area contributed by atoms with Gasteiger partial charge >= 0.3 is 0 Å². The number of amides is 1. The number of carbonyl (C=O) groups excluding carboxylic acids is 1. The molecule has 33 heavy (non-hydrogen) atoms. The number of aromatic nitrogens is 2. The number of rotatable bonds is 7. The van der Waals surface area contributed by atoms with Crippen molar-refractivity contribution in [2.45, 2.75) is 45.3 Å². The van der Waals surface area contributed by atoms with Crippen LogP contribution in [0, 0.1) is 11.3 Å². The summed E-state index contributed by atoms with van der Waals surface area (Å²) in [6, 6.07) is 13.9. The minimum absolute atomic E-state index is 0.00264. The van der Waals surface area contributed by atoms with Crippen molar-refractivity contribution in [3.8, 4) is 33.0 Å². The maximum Gasteiger partial charge on any atom is 0.234 e. The molecule has 170 valence electrons. The number of carbonyl (C=O) groups is 1. The summed E-state index contributed by atoms with van der Waals surface area (Å²) in [6.07, 6.45) is 2.86. The van der Waals surface area contributed by atoms with E-state index in [-0.39, 0.29) is 18.1 Å². The second kappa shape index (κ2) is 10.1. The minimum Gasteiger partial charge on any atom is -0.490 e. The first kappa shape index (κ1) is 22.9. The molecule has 1 heterocycles. The van der Waals surface area contributed by atoms with E-state index in [2.05, 4.69) is 39.0 Å². The third kappa shape index (κ3) is 5.05. The normalized spacial score (nSPS) is 15.1. The Labute approximate surface area is 197 Å². The molecule has 0 saturated heterocycles. The number of benzene rings is 2. The van der Waals surface area contributed by atoms with Crippen molar-refractivity contribution in [3.05, 3.63) is 53.1 Å². The third-order valence-corrected chi connectivity index (χ3v) is 6.55. The highest BCUT2D eigenvalue weighted by Gasteiger charge is 2.25. The summed E-state index contributed by atoms with van der Waals surface area (Å²) >= 11 is 1.50. The van der Waals surface area contributed by atoms with Gasteiger partial charge in [-0.25, -0.2) is 0 Å². The largest absolute Gasteiger partial charge is 0.490 e. The highest BCUT2D eigenvalue weighted by atomic mass is 32.1. The Morgan fingerprint density at radius 2 is 2.09 bits per heavy atom. The molecule has 8 heteroatoms. The van der Waals surface area contributed by atoms with Crippen LogP contribution >= 0.6 is 11.3 Å². The van der Waals surface area contributed by atoms with Crippen LogP contribution in [-0.4, -0.2) is 35.8 Å². The van der Waals surface area contributed by atoms with Crippen molar-refractivity contribution in [1.29, 1.82) is 5.26 Å². The molecule has 1 amide bonds. The first-order valence-corrected chi connectivity index (χ1v) is 11.9. The molecule has 7 nitrogen and oxygen atoms in total. The van der Waals surface area contributed by atoms with Crippen LogP contribution in [0.25, 0.3) is 21.1 Å². The van der Waals surface area contributed by atoms with Gasteiger partial charge in [0.2, 0.25) is 5.91 Å². The molecule has 0 bridgehead atoms. The molecule has 0 unspecified atom stereocenters. The summed E-state index contributed by atoms with van der Waals surface area (Å²) in [5.41, 5.74) is 4.76. The molecule has 0 spiro atoms. The van der Waals surface area contributed by atoms with Gasteiger partial charge in [-0.2, -0.15) is 5.26 Å². The van der Waals surface area contributed by atoms with Gasteiger partial charge in [0.25, 0.3) is 0 Å². The summed E-state index contributed by atoms with van der Waals surface area (Å²) in [4.78, 5) is 12.1. The predicted octanol–water partition coefficient (Wildman–Crippen LogP) is 4.24. The number of hydrogen-bond donors (Lipinski definition) is 2. The Bertz CT molecular complexity index is 1200. The van der Waals surface area contributed by atoms with Gasteiger partial charge in [-0.3, -0.25) is 4.79 Å². The van der Waals surface area contributed by atoms with E-state index in [0.717, 1.165) is 46.0 Å². The van der Waals surface area contributed by atoms with E-state index in [9.17, 15) is 10.1 Å². The SMILES string of the molecule is CNCC(=O)N[C@@H]1CCCc2c(-c3nnc(-c4ccc(OC(C)C)c(C#N)c4)s3)cccc21. The first-order valence-electron chi connectivity index (χ1n) is 11.1. The van der Waals surface area contributed by atoms with Crippen LogP contribution in [0.4, 0.5) is 0 Å². The smallest absolute Gasteiger partial charge is 0.234 e. The van der Waals surface area contributed by atoms with Crippen molar-refractivity contribution < 1.29 is 9.53 Å². The van der Waals surface area contributed by atoms with Gasteiger partial charge < -0.3 is 15.4 Å². The molecule has 2 N–H and O–H groups in total. The summed E-state index contributed by atoms with van der Waals surface area (Å²) in [5.74, 6) is 0.571. The van der Waals surface area contributed by atoms with Crippen LogP contribution in [0.15, 0.2) is 36.4 Å². The Morgan fingerprint density at radius 1 is 1.27 bits per heavy atom. The number of hydrogen-bond acceptors (Lipinski definition) is 7. The van der Waals surface area contributed by atoms with Gasteiger partial charge in [-0.05, 0) is 69.5 Å². The number of nitriles is 1. The zero-order chi connectivity index (χ0) is 23.4. The molecule has 0 radical (unpaired) electrons. The topological polar surface area (TPSA) is 99.9 Å². The first-order chi connectivity index (χ1) is 16.0. The second-order valence-electron chi connectivity index (χ2n) is 8.32. The van der Waals surface area contributed by atoms with Gasteiger partial charge in [0, 0.05) is 11.1 Å². The van der Waals surface area contributed by atoms with Crippen molar-refractivity contribution in [1.82, 2.24) is 20.8 Å². The Balaban J connectivity index is 1.64. The third-order valence-electron chi connectivity index (χ3n) is 5.54. The second-order valence-corrected chi connectivity index (χ2v) is 9.30. The zero-order valence-electron chi connectivity index (χ0n) is 19.0. The van der Waals surface area contributed by atoms with Crippen LogP contribution < -0.4 is 15.4 Å². The Kier molecular flexibility index (Phi) is 7.02. The molecule has 3 aromatic rings. The summed E-state index contributed by atoms with van der Waals surface area (Å²) in [5, 5.41) is 26.1. The van der Waals surface area contributed by atoms with E-state index in [1.165, 1.54) is 16.9 Å². The molecule has 1 aliphatic carbocycles. The van der Waals surface area contributed by atoms with Crippen LogP contribution in [0.2, 0.25) is 0 Å². The summed E-state index contributed by atoms with van der Waals surface area (Å²) in [6.45, 7) is 4.17. The van der Waals surface area contributed by atoms with E-state index in [4.69, 9.17) is 4.74 Å². The quantitative estimate of drug-likeness (QED) is 0.546. The Hall–Kier alpha value is -3.28. The predicted molar refractivity (Wildman–Crippen MR) is 129 cm³/mol. The molecule has 2 aromatic carbocycles. The van der Waals surface area contributed by atoms with Crippen LogP contribution in [0.5, 0.6) is 5.75 Å². The number of likely N-dealkylation sites (N-methyl/N-ethyl adjacent to an activating group) is 1. The van der Waals surface area contributed by atoms with Crippen molar-refractivity contribution in [3.63, 3.8) is 0 Å². The van der Waals surface area contributed by atoms with Crippen molar-refractivity contribution in [2.75, 3.05) is 13.6 Å². The molecule has 0 saturated carbocycles. The van der Waals surface area contributed by atoms with Gasteiger partial charge in [-0.1, -0.05) is 29.5 Å². The van der Waals surface area contributed by atoms with Crippen LogP contribution in [0.1, 0.15) is 49.4 Å². The molecule has 0 fully saturated rings. The Morgan fingerprint density at radius 3 is 2.85 bits per heavy atom. The fourth-order valence-corrected chi connectivity index (χ4v) is 5.05. The lowest BCUT2D eigenvalue weighted by Gasteiger charge is -2.27. The fourth-order valence-electron chi connectivity index (χ4n) is 4.16. The van der Waals surface area contributed by atoms with E-state index in [0.29, 0.717) is 17.9 Å². The zero-order valence-corrected chi connectivity index (χ0v) is 19.8. The molecule has 0 aliphatic heterocycles. The molecular formula is C25H27N5O2S. The van der Waals surface area contributed by atoms with E-state index < -0.39 is 0 Å². The number of nitrogens with one attached hydrogen (secondary N) is 2. The number of fused-ring (bicyclic) bond motifs is 1. The maximum absolute atomic E-state index is 12.1. The lowest BCUT2D eigenvalue weighted by atomic mass is 9.85.